The molecule has 0 aromatic rings. The lowest BCUT2D eigenvalue weighted by Crippen LogP contribution is -2.41. The van der Waals surface area contributed by atoms with E-state index in [4.69, 9.17) is 20.4 Å². The summed E-state index contributed by atoms with van der Waals surface area (Å²) < 4.78 is 0. The first-order chi connectivity index (χ1) is 5.54. The molecule has 12 heavy (non-hydrogen) atoms. The fourth-order valence-electron chi connectivity index (χ4n) is 0.577. The Balaban J connectivity index is 4.09. The van der Waals surface area contributed by atoms with Crippen LogP contribution in [-0.2, 0) is 4.79 Å². The maximum Gasteiger partial charge on any atom is 0.178 e. The van der Waals surface area contributed by atoms with E-state index >= 15 is 0 Å². The van der Waals surface area contributed by atoms with E-state index in [9.17, 15) is 4.79 Å². The van der Waals surface area contributed by atoms with E-state index in [1.165, 1.54) is 0 Å². The SMILES string of the molecule is O=C([C@@H](S)CO)[C@H](O)[C@H](O)CO. The van der Waals surface area contributed by atoms with Gasteiger partial charge in [-0.3, -0.25) is 4.79 Å². The Labute approximate surface area is 75.1 Å². The molecule has 5 nitrogen and oxygen atoms in total. The number of Topliss-reactive ketones (excluding diaryl/α,β-unsaturated/α-hetero) is 1. The molecule has 0 aliphatic rings. The number of hydrogen-bond acceptors (Lipinski definition) is 6. The molecule has 0 aromatic heterocycles. The molecule has 0 amide bonds. The molecule has 0 fully saturated rings. The van der Waals surface area contributed by atoms with Crippen LogP contribution in [0.15, 0.2) is 0 Å². The van der Waals surface area contributed by atoms with Gasteiger partial charge in [0.2, 0.25) is 0 Å². The second kappa shape index (κ2) is 5.50. The lowest BCUT2D eigenvalue weighted by Gasteiger charge is -2.16. The van der Waals surface area contributed by atoms with Crippen molar-refractivity contribution >= 4 is 18.4 Å². The summed E-state index contributed by atoms with van der Waals surface area (Å²) in [6, 6.07) is 0. The minimum atomic E-state index is -1.69. The normalized spacial score (nSPS) is 18.4. The number of aliphatic hydroxyl groups excluding tert-OH is 4. The van der Waals surface area contributed by atoms with Gasteiger partial charge in [0.1, 0.15) is 12.2 Å². The summed E-state index contributed by atoms with van der Waals surface area (Å²) in [6.07, 6.45) is -3.21. The van der Waals surface area contributed by atoms with Gasteiger partial charge in [-0.2, -0.15) is 12.6 Å². The van der Waals surface area contributed by atoms with Crippen molar-refractivity contribution in [3.63, 3.8) is 0 Å². The molecular formula is C6H12O5S. The van der Waals surface area contributed by atoms with E-state index in [1.54, 1.807) is 0 Å². The fraction of sp³-hybridized carbons (Fsp3) is 0.833. The molecule has 0 saturated heterocycles. The summed E-state index contributed by atoms with van der Waals surface area (Å²) in [5.41, 5.74) is 0. The van der Waals surface area contributed by atoms with Crippen LogP contribution >= 0.6 is 12.6 Å². The summed E-state index contributed by atoms with van der Waals surface area (Å²) in [4.78, 5) is 10.9. The Morgan fingerprint density at radius 1 is 1.25 bits per heavy atom. The average Bonchev–Trinajstić information content (AvgIpc) is 2.12. The van der Waals surface area contributed by atoms with Crippen molar-refractivity contribution in [3.8, 4) is 0 Å². The molecule has 3 atom stereocenters. The highest BCUT2D eigenvalue weighted by atomic mass is 32.1. The molecule has 0 bridgehead atoms. The van der Waals surface area contributed by atoms with Crippen molar-refractivity contribution in [2.45, 2.75) is 17.5 Å². The number of carbonyl (C=O) groups is 1. The second-order valence-electron chi connectivity index (χ2n) is 2.30. The summed E-state index contributed by atoms with van der Waals surface area (Å²) in [5.74, 6) is -0.803. The molecule has 4 N–H and O–H groups in total. The van der Waals surface area contributed by atoms with Gasteiger partial charge in [-0.25, -0.2) is 0 Å². The number of rotatable bonds is 5. The Morgan fingerprint density at radius 3 is 2.08 bits per heavy atom. The summed E-state index contributed by atoms with van der Waals surface area (Å²) >= 11 is 3.65. The molecule has 0 rings (SSSR count). The van der Waals surface area contributed by atoms with Gasteiger partial charge >= 0.3 is 0 Å². The quantitative estimate of drug-likeness (QED) is 0.315. The Morgan fingerprint density at radius 2 is 1.75 bits per heavy atom. The van der Waals surface area contributed by atoms with Crippen molar-refractivity contribution in [2.75, 3.05) is 13.2 Å². The molecule has 0 radical (unpaired) electrons. The zero-order valence-electron chi connectivity index (χ0n) is 6.29. The molecule has 0 aliphatic carbocycles. The molecule has 0 aliphatic heterocycles. The lowest BCUT2D eigenvalue weighted by atomic mass is 10.1. The van der Waals surface area contributed by atoms with Crippen molar-refractivity contribution in [1.82, 2.24) is 0 Å². The van der Waals surface area contributed by atoms with Gasteiger partial charge in [-0.05, 0) is 0 Å². The van der Waals surface area contributed by atoms with Crippen molar-refractivity contribution in [3.05, 3.63) is 0 Å². The van der Waals surface area contributed by atoms with Crippen molar-refractivity contribution < 1.29 is 25.2 Å². The number of hydrogen-bond donors (Lipinski definition) is 5. The number of ketones is 1. The summed E-state index contributed by atoms with van der Waals surface area (Å²) in [5, 5.41) is 33.6. The maximum absolute atomic E-state index is 10.9. The highest BCUT2D eigenvalue weighted by molar-refractivity contribution is 7.81. The van der Waals surface area contributed by atoms with Crippen LogP contribution in [0.4, 0.5) is 0 Å². The van der Waals surface area contributed by atoms with E-state index in [0.717, 1.165) is 0 Å². The predicted molar refractivity (Wildman–Crippen MR) is 44.0 cm³/mol. The first-order valence-corrected chi connectivity index (χ1v) is 3.85. The van der Waals surface area contributed by atoms with Crippen LogP contribution in [0.2, 0.25) is 0 Å². The van der Waals surface area contributed by atoms with Gasteiger partial charge in [0.15, 0.2) is 5.78 Å². The molecule has 0 heterocycles. The first kappa shape index (κ1) is 11.9. The number of carbonyl (C=O) groups excluding carboxylic acids is 1. The minimum absolute atomic E-state index is 0.517. The number of aliphatic hydroxyl groups is 4. The third kappa shape index (κ3) is 3.08. The first-order valence-electron chi connectivity index (χ1n) is 3.34. The Bertz CT molecular complexity index is 151. The molecule has 0 aromatic carbocycles. The molecular weight excluding hydrogens is 184 g/mol. The standard InChI is InChI=1S/C6H12O5S/c7-1-3(9)5(10)6(11)4(12)2-8/h3-5,7-10,12H,1-2H2/t3-,4+,5-/m1/s1. The zero-order chi connectivity index (χ0) is 9.72. The van der Waals surface area contributed by atoms with Gasteiger partial charge in [-0.15, -0.1) is 0 Å². The van der Waals surface area contributed by atoms with Crippen molar-refractivity contribution in [2.24, 2.45) is 0 Å². The van der Waals surface area contributed by atoms with Crippen molar-refractivity contribution in [1.29, 1.82) is 0 Å². The Hall–Kier alpha value is -0.140. The van der Waals surface area contributed by atoms with E-state index in [0.29, 0.717) is 0 Å². The van der Waals surface area contributed by atoms with Crippen LogP contribution in [0.5, 0.6) is 0 Å². The van der Waals surface area contributed by atoms with Gasteiger partial charge < -0.3 is 20.4 Å². The molecule has 0 unspecified atom stereocenters. The zero-order valence-corrected chi connectivity index (χ0v) is 7.19. The van der Waals surface area contributed by atoms with Gasteiger partial charge in [0.25, 0.3) is 0 Å². The van der Waals surface area contributed by atoms with Crippen LogP contribution in [0.1, 0.15) is 0 Å². The monoisotopic (exact) mass is 196 g/mol. The van der Waals surface area contributed by atoms with Crippen LogP contribution in [0.3, 0.4) is 0 Å². The number of thiol groups is 1. The van der Waals surface area contributed by atoms with Crippen LogP contribution < -0.4 is 0 Å². The van der Waals surface area contributed by atoms with E-state index in [1.807, 2.05) is 0 Å². The molecule has 6 heteroatoms. The summed E-state index contributed by atoms with van der Waals surface area (Å²) in [6.45, 7) is -1.23. The highest BCUT2D eigenvalue weighted by Crippen LogP contribution is 2.03. The van der Waals surface area contributed by atoms with E-state index in [-0.39, 0.29) is 0 Å². The third-order valence-corrected chi connectivity index (χ3v) is 1.76. The predicted octanol–water partition coefficient (Wildman–Crippen LogP) is -2.44. The van der Waals surface area contributed by atoms with Crippen LogP contribution in [-0.4, -0.2) is 56.9 Å². The average molecular weight is 196 g/mol. The van der Waals surface area contributed by atoms with Crippen LogP contribution in [0.25, 0.3) is 0 Å². The van der Waals surface area contributed by atoms with E-state index in [2.05, 4.69) is 12.6 Å². The third-order valence-electron chi connectivity index (χ3n) is 1.34. The van der Waals surface area contributed by atoms with Gasteiger partial charge in [0.05, 0.1) is 18.5 Å². The maximum atomic E-state index is 10.9. The largest absolute Gasteiger partial charge is 0.395 e. The van der Waals surface area contributed by atoms with Crippen LogP contribution in [0, 0.1) is 0 Å². The second-order valence-corrected chi connectivity index (χ2v) is 2.92. The lowest BCUT2D eigenvalue weighted by molar-refractivity contribution is -0.134. The van der Waals surface area contributed by atoms with E-state index < -0.39 is 36.5 Å². The molecule has 72 valence electrons. The fourth-order valence-corrected chi connectivity index (χ4v) is 0.729. The smallest absolute Gasteiger partial charge is 0.178 e. The highest BCUT2D eigenvalue weighted by Gasteiger charge is 2.27. The van der Waals surface area contributed by atoms with Gasteiger partial charge in [-0.1, -0.05) is 0 Å². The summed E-state index contributed by atoms with van der Waals surface area (Å²) in [7, 11) is 0. The molecule has 0 saturated carbocycles. The Kier molecular flexibility index (Phi) is 5.43. The topological polar surface area (TPSA) is 98.0 Å². The van der Waals surface area contributed by atoms with Gasteiger partial charge in [0, 0.05) is 0 Å². The minimum Gasteiger partial charge on any atom is -0.395 e. The molecule has 0 spiro atoms.